The molecule has 1 N–H and O–H groups in total. The summed E-state index contributed by atoms with van der Waals surface area (Å²) < 4.78 is 27.6. The zero-order valence-corrected chi connectivity index (χ0v) is 14.4. The number of rotatable bonds is 4. The predicted octanol–water partition coefficient (Wildman–Crippen LogP) is 0.968. The minimum atomic E-state index is -3.53. The van der Waals surface area contributed by atoms with Crippen molar-refractivity contribution < 1.29 is 13.2 Å². The van der Waals surface area contributed by atoms with Crippen LogP contribution in [0.15, 0.2) is 23.1 Å². The molecule has 0 bridgehead atoms. The highest BCUT2D eigenvalue weighted by molar-refractivity contribution is 7.89. The van der Waals surface area contributed by atoms with Gasteiger partial charge in [0.1, 0.15) is 0 Å². The zero-order valence-electron chi connectivity index (χ0n) is 13.6. The van der Waals surface area contributed by atoms with Gasteiger partial charge in [-0.25, -0.2) is 8.42 Å². The molecule has 3 rings (SSSR count). The van der Waals surface area contributed by atoms with Gasteiger partial charge in [-0.15, -0.1) is 0 Å². The summed E-state index contributed by atoms with van der Waals surface area (Å²) in [6, 6.07) is 5.18. The molecule has 0 unspecified atom stereocenters. The topological polar surface area (TPSA) is 69.7 Å². The van der Waals surface area contributed by atoms with Crippen LogP contribution in [0.2, 0.25) is 0 Å². The first-order chi connectivity index (χ1) is 10.9. The van der Waals surface area contributed by atoms with Gasteiger partial charge in [0.2, 0.25) is 15.9 Å². The maximum atomic E-state index is 13.0. The summed E-state index contributed by atoms with van der Waals surface area (Å²) in [6.45, 7) is 3.35. The second-order valence-corrected chi connectivity index (χ2v) is 8.07. The SMILES string of the molecule is CNC[C@@H]1CCCN1S(=O)(=O)c1ccc2c(c1)N(C(C)=O)CC2. The molecule has 1 saturated heterocycles. The molecule has 2 aliphatic rings. The molecule has 126 valence electrons. The number of hydrogen-bond acceptors (Lipinski definition) is 4. The Bertz CT molecular complexity index is 717. The summed E-state index contributed by atoms with van der Waals surface area (Å²) >= 11 is 0. The molecule has 0 aromatic heterocycles. The fraction of sp³-hybridized carbons (Fsp3) is 0.562. The molecular formula is C16H23N3O3S. The number of benzene rings is 1. The third-order valence-corrected chi connectivity index (χ3v) is 6.65. The number of carbonyl (C=O) groups is 1. The van der Waals surface area contributed by atoms with E-state index < -0.39 is 10.0 Å². The molecule has 0 saturated carbocycles. The Hall–Kier alpha value is -1.44. The van der Waals surface area contributed by atoms with Gasteiger partial charge in [0.15, 0.2) is 0 Å². The fourth-order valence-corrected chi connectivity index (χ4v) is 5.26. The first-order valence-corrected chi connectivity index (χ1v) is 9.46. The number of sulfonamides is 1. The van der Waals surface area contributed by atoms with Gasteiger partial charge in [0.05, 0.1) is 4.90 Å². The maximum absolute atomic E-state index is 13.0. The van der Waals surface area contributed by atoms with Crippen LogP contribution in [0, 0.1) is 0 Å². The molecule has 7 heteroatoms. The average Bonchev–Trinajstić information content (AvgIpc) is 3.13. The second kappa shape index (κ2) is 6.22. The largest absolute Gasteiger partial charge is 0.318 e. The van der Waals surface area contributed by atoms with Crippen LogP contribution >= 0.6 is 0 Å². The normalized spacial score (nSPS) is 21.7. The van der Waals surface area contributed by atoms with E-state index in [1.165, 1.54) is 6.92 Å². The van der Waals surface area contributed by atoms with E-state index in [4.69, 9.17) is 0 Å². The molecule has 1 aromatic rings. The van der Waals surface area contributed by atoms with E-state index in [0.29, 0.717) is 19.6 Å². The van der Waals surface area contributed by atoms with Crippen molar-refractivity contribution in [3.63, 3.8) is 0 Å². The van der Waals surface area contributed by atoms with Crippen LogP contribution in [0.3, 0.4) is 0 Å². The third kappa shape index (κ3) is 2.88. The van der Waals surface area contributed by atoms with E-state index in [1.807, 2.05) is 13.1 Å². The molecule has 0 aliphatic carbocycles. The fourth-order valence-electron chi connectivity index (χ4n) is 3.55. The summed E-state index contributed by atoms with van der Waals surface area (Å²) in [5, 5.41) is 3.07. The first-order valence-electron chi connectivity index (χ1n) is 8.02. The number of fused-ring (bicyclic) bond motifs is 1. The molecule has 0 spiro atoms. The monoisotopic (exact) mass is 337 g/mol. The summed E-state index contributed by atoms with van der Waals surface area (Å²) in [6.07, 6.45) is 2.54. The quantitative estimate of drug-likeness (QED) is 0.889. The molecular weight excluding hydrogens is 314 g/mol. The number of carbonyl (C=O) groups excluding carboxylic acids is 1. The van der Waals surface area contributed by atoms with Crippen molar-refractivity contribution in [1.82, 2.24) is 9.62 Å². The summed E-state index contributed by atoms with van der Waals surface area (Å²) in [5.41, 5.74) is 1.77. The van der Waals surface area contributed by atoms with E-state index in [2.05, 4.69) is 5.32 Å². The molecule has 6 nitrogen and oxygen atoms in total. The smallest absolute Gasteiger partial charge is 0.243 e. The van der Waals surface area contributed by atoms with Gasteiger partial charge in [0.25, 0.3) is 0 Å². The van der Waals surface area contributed by atoms with E-state index in [0.717, 1.165) is 30.5 Å². The molecule has 1 atom stereocenters. The first kappa shape index (κ1) is 16.4. The lowest BCUT2D eigenvalue weighted by Crippen LogP contribution is -2.40. The van der Waals surface area contributed by atoms with Gasteiger partial charge in [-0.2, -0.15) is 4.31 Å². The molecule has 1 aromatic carbocycles. The molecule has 1 amide bonds. The van der Waals surface area contributed by atoms with E-state index in [1.54, 1.807) is 21.3 Å². The summed E-state index contributed by atoms with van der Waals surface area (Å²) in [4.78, 5) is 13.7. The van der Waals surface area contributed by atoms with Crippen molar-refractivity contribution in [1.29, 1.82) is 0 Å². The van der Waals surface area contributed by atoms with Gasteiger partial charge in [-0.1, -0.05) is 6.07 Å². The van der Waals surface area contributed by atoms with Gasteiger partial charge >= 0.3 is 0 Å². The number of hydrogen-bond donors (Lipinski definition) is 1. The van der Waals surface area contributed by atoms with E-state index >= 15 is 0 Å². The van der Waals surface area contributed by atoms with Crippen LogP contribution in [0.25, 0.3) is 0 Å². The van der Waals surface area contributed by atoms with E-state index in [9.17, 15) is 13.2 Å². The zero-order chi connectivity index (χ0) is 16.6. The minimum Gasteiger partial charge on any atom is -0.318 e. The standard InChI is InChI=1S/C16H23N3O3S/c1-12(20)18-9-7-13-5-6-15(10-16(13)18)23(21,22)19-8-3-4-14(19)11-17-2/h5-6,10,14,17H,3-4,7-9,11H2,1-2H3/t14-/m0/s1. The minimum absolute atomic E-state index is 0.00200. The van der Waals surface area contributed by atoms with Gasteiger partial charge in [-0.3, -0.25) is 4.79 Å². The molecule has 2 aliphatic heterocycles. The lowest BCUT2D eigenvalue weighted by Gasteiger charge is -2.24. The molecule has 23 heavy (non-hydrogen) atoms. The Morgan fingerprint density at radius 1 is 1.35 bits per heavy atom. The lowest BCUT2D eigenvalue weighted by molar-refractivity contribution is -0.116. The number of nitrogens with zero attached hydrogens (tertiary/aromatic N) is 2. The Labute approximate surface area is 137 Å². The third-order valence-electron chi connectivity index (χ3n) is 4.70. The van der Waals surface area contributed by atoms with Crippen molar-refractivity contribution in [3.8, 4) is 0 Å². The van der Waals surface area contributed by atoms with Crippen molar-refractivity contribution >= 4 is 21.6 Å². The molecule has 2 heterocycles. The van der Waals surface area contributed by atoms with E-state index in [-0.39, 0.29) is 16.8 Å². The highest BCUT2D eigenvalue weighted by Crippen LogP contribution is 2.33. The second-order valence-electron chi connectivity index (χ2n) is 6.18. The van der Waals surface area contributed by atoms with Gasteiger partial charge < -0.3 is 10.2 Å². The van der Waals surface area contributed by atoms with Crippen molar-refractivity contribution in [2.24, 2.45) is 0 Å². The molecule has 0 radical (unpaired) electrons. The Kier molecular flexibility index (Phi) is 4.44. The van der Waals surface area contributed by atoms with Crippen molar-refractivity contribution in [3.05, 3.63) is 23.8 Å². The Morgan fingerprint density at radius 3 is 2.83 bits per heavy atom. The number of amides is 1. The Balaban J connectivity index is 1.95. The van der Waals surface area contributed by atoms with Crippen LogP contribution in [-0.2, 0) is 21.2 Å². The van der Waals surface area contributed by atoms with Crippen LogP contribution in [0.5, 0.6) is 0 Å². The Morgan fingerprint density at radius 2 is 2.13 bits per heavy atom. The van der Waals surface area contributed by atoms with Crippen LogP contribution in [0.1, 0.15) is 25.3 Å². The summed E-state index contributed by atoms with van der Waals surface area (Å²) in [7, 11) is -1.69. The van der Waals surface area contributed by atoms with Crippen LogP contribution < -0.4 is 10.2 Å². The predicted molar refractivity (Wildman–Crippen MR) is 89.0 cm³/mol. The van der Waals surface area contributed by atoms with Gasteiger partial charge in [0, 0.05) is 38.3 Å². The van der Waals surface area contributed by atoms with Crippen molar-refractivity contribution in [2.45, 2.75) is 37.1 Å². The van der Waals surface area contributed by atoms with Crippen LogP contribution in [0.4, 0.5) is 5.69 Å². The van der Waals surface area contributed by atoms with Crippen molar-refractivity contribution in [2.75, 3.05) is 31.6 Å². The number of anilines is 1. The highest BCUT2D eigenvalue weighted by Gasteiger charge is 2.35. The van der Waals surface area contributed by atoms with Gasteiger partial charge in [-0.05, 0) is 44.0 Å². The highest BCUT2D eigenvalue weighted by atomic mass is 32.2. The van der Waals surface area contributed by atoms with Crippen LogP contribution in [-0.4, -0.2) is 51.4 Å². The average molecular weight is 337 g/mol. The number of nitrogens with one attached hydrogen (secondary N) is 1. The molecule has 1 fully saturated rings. The summed E-state index contributed by atoms with van der Waals surface area (Å²) in [5.74, 6) is -0.0486. The lowest BCUT2D eigenvalue weighted by atomic mass is 10.2. The maximum Gasteiger partial charge on any atom is 0.243 e. The number of likely N-dealkylation sites (N-methyl/N-ethyl adjacent to an activating group) is 1.